The fourth-order valence-corrected chi connectivity index (χ4v) is 1.12. The zero-order valence-corrected chi connectivity index (χ0v) is 8.91. The zero-order valence-electron chi connectivity index (χ0n) is 6.50. The fourth-order valence-electron chi connectivity index (χ4n) is 0.784. The van der Waals surface area contributed by atoms with Crippen LogP contribution in [0, 0.1) is 0 Å². The number of nitrogens with two attached hydrogens (primary N) is 1. The highest BCUT2D eigenvalue weighted by Gasteiger charge is 1.99. The number of nitrogen functional groups attached to an aromatic ring is 1. The maximum atomic E-state index is 5.23. The molecule has 0 amide bonds. The van der Waals surface area contributed by atoms with Crippen LogP contribution in [0.4, 0.5) is 5.69 Å². The van der Waals surface area contributed by atoms with E-state index in [1.54, 1.807) is 7.11 Å². The molecule has 12 heavy (non-hydrogen) atoms. The molecule has 0 heterocycles. The Morgan fingerprint density at radius 2 is 2.17 bits per heavy atom. The Balaban J connectivity index is 0.00000121. The molecule has 68 valence electrons. The molecule has 0 saturated heterocycles. The second-order valence-electron chi connectivity index (χ2n) is 1.99. The molecule has 0 atom stereocenters. The second-order valence-corrected chi connectivity index (χ2v) is 2.90. The van der Waals surface area contributed by atoms with Crippen LogP contribution in [0.15, 0.2) is 22.7 Å². The molecule has 5 heteroatoms. The van der Waals surface area contributed by atoms with E-state index in [-0.39, 0.29) is 12.4 Å². The van der Waals surface area contributed by atoms with Gasteiger partial charge in [0.15, 0.2) is 0 Å². The molecular formula is C7H10BrClN2O. The van der Waals surface area contributed by atoms with E-state index in [1.165, 1.54) is 0 Å². The van der Waals surface area contributed by atoms with Gasteiger partial charge in [-0.3, -0.25) is 5.84 Å². The normalized spacial score (nSPS) is 8.58. The summed E-state index contributed by atoms with van der Waals surface area (Å²) in [6.07, 6.45) is 0. The van der Waals surface area contributed by atoms with Crippen LogP contribution in [0.1, 0.15) is 0 Å². The number of nitrogens with one attached hydrogen (secondary N) is 1. The molecule has 0 unspecified atom stereocenters. The molecule has 0 fully saturated rings. The lowest BCUT2D eigenvalue weighted by Gasteiger charge is -2.06. The van der Waals surface area contributed by atoms with E-state index in [0.717, 1.165) is 15.9 Å². The van der Waals surface area contributed by atoms with Gasteiger partial charge >= 0.3 is 0 Å². The number of benzene rings is 1. The van der Waals surface area contributed by atoms with Crippen LogP contribution in [-0.2, 0) is 0 Å². The molecule has 1 rings (SSSR count). The van der Waals surface area contributed by atoms with Crippen LogP contribution in [-0.4, -0.2) is 7.11 Å². The van der Waals surface area contributed by atoms with Crippen LogP contribution in [0.25, 0.3) is 0 Å². The quantitative estimate of drug-likeness (QED) is 0.627. The van der Waals surface area contributed by atoms with Gasteiger partial charge in [-0.15, -0.1) is 12.4 Å². The van der Waals surface area contributed by atoms with Crippen LogP contribution >= 0.6 is 28.3 Å². The minimum absolute atomic E-state index is 0. The van der Waals surface area contributed by atoms with Gasteiger partial charge in [-0.25, -0.2) is 0 Å². The first-order chi connectivity index (χ1) is 5.27. The van der Waals surface area contributed by atoms with Crippen molar-refractivity contribution in [3.8, 4) is 5.75 Å². The van der Waals surface area contributed by atoms with Gasteiger partial charge in [-0.05, 0) is 18.2 Å². The molecule has 0 radical (unpaired) electrons. The summed E-state index contributed by atoms with van der Waals surface area (Å²) in [4.78, 5) is 0. The first kappa shape index (κ1) is 11.5. The second kappa shape index (κ2) is 5.24. The van der Waals surface area contributed by atoms with E-state index in [4.69, 9.17) is 10.6 Å². The zero-order chi connectivity index (χ0) is 8.27. The Kier molecular flexibility index (Phi) is 5.04. The number of anilines is 1. The largest absolute Gasteiger partial charge is 0.494 e. The molecule has 3 nitrogen and oxygen atoms in total. The number of hydrogen-bond acceptors (Lipinski definition) is 3. The Bertz CT molecular complexity index is 257. The van der Waals surface area contributed by atoms with Gasteiger partial charge in [0.2, 0.25) is 0 Å². The van der Waals surface area contributed by atoms with E-state index in [1.807, 2.05) is 18.2 Å². The molecule has 3 N–H and O–H groups in total. The molecule has 0 aliphatic heterocycles. The number of rotatable bonds is 2. The third-order valence-electron chi connectivity index (χ3n) is 1.32. The number of methoxy groups -OCH3 is 1. The van der Waals surface area contributed by atoms with Crippen LogP contribution < -0.4 is 16.0 Å². The number of hydrazine groups is 1. The smallest absolute Gasteiger partial charge is 0.144 e. The first-order valence-electron chi connectivity index (χ1n) is 3.08. The predicted molar refractivity (Wildman–Crippen MR) is 55.8 cm³/mol. The standard InChI is InChI=1S/C7H9BrN2O.ClH/c1-11-7-4-5(8)2-3-6(7)10-9;/h2-4,10H,9H2,1H3;1H. The Labute approximate surface area is 85.8 Å². The summed E-state index contributed by atoms with van der Waals surface area (Å²) in [5.74, 6) is 5.95. The van der Waals surface area contributed by atoms with Crippen LogP contribution in [0.3, 0.4) is 0 Å². The van der Waals surface area contributed by atoms with Crippen LogP contribution in [0.2, 0.25) is 0 Å². The van der Waals surface area contributed by atoms with Crippen molar-refractivity contribution in [2.45, 2.75) is 0 Å². The summed E-state index contributed by atoms with van der Waals surface area (Å²) >= 11 is 3.32. The number of halogens is 2. The summed E-state index contributed by atoms with van der Waals surface area (Å²) in [5, 5.41) is 0. The van der Waals surface area contributed by atoms with Gasteiger partial charge in [0, 0.05) is 4.47 Å². The number of hydrogen-bond donors (Lipinski definition) is 2. The van der Waals surface area contributed by atoms with E-state index in [2.05, 4.69) is 21.4 Å². The topological polar surface area (TPSA) is 47.3 Å². The molecule has 0 aliphatic rings. The van der Waals surface area contributed by atoms with Gasteiger partial charge in [-0.1, -0.05) is 15.9 Å². The maximum absolute atomic E-state index is 5.23. The highest BCUT2D eigenvalue weighted by molar-refractivity contribution is 9.10. The van der Waals surface area contributed by atoms with Crippen molar-refractivity contribution in [1.82, 2.24) is 0 Å². The lowest BCUT2D eigenvalue weighted by atomic mass is 10.3. The summed E-state index contributed by atoms with van der Waals surface area (Å²) in [5.41, 5.74) is 3.30. The molecule has 0 aliphatic carbocycles. The third-order valence-corrected chi connectivity index (χ3v) is 1.81. The molecule has 1 aromatic rings. The van der Waals surface area contributed by atoms with Crippen molar-refractivity contribution >= 4 is 34.0 Å². The van der Waals surface area contributed by atoms with E-state index in [9.17, 15) is 0 Å². The fraction of sp³-hybridized carbons (Fsp3) is 0.143. The summed E-state index contributed by atoms with van der Waals surface area (Å²) in [6.45, 7) is 0. The van der Waals surface area contributed by atoms with Crippen molar-refractivity contribution in [2.24, 2.45) is 5.84 Å². The molecule has 1 aromatic carbocycles. The van der Waals surface area contributed by atoms with E-state index >= 15 is 0 Å². The summed E-state index contributed by atoms with van der Waals surface area (Å²) in [7, 11) is 1.60. The number of ether oxygens (including phenoxy) is 1. The van der Waals surface area contributed by atoms with Crippen molar-refractivity contribution < 1.29 is 4.74 Å². The highest BCUT2D eigenvalue weighted by Crippen LogP contribution is 2.26. The molecule has 0 aromatic heterocycles. The monoisotopic (exact) mass is 252 g/mol. The lowest BCUT2D eigenvalue weighted by Crippen LogP contribution is -2.07. The average molecular weight is 254 g/mol. The molecule has 0 saturated carbocycles. The average Bonchev–Trinajstić information content (AvgIpc) is 2.04. The van der Waals surface area contributed by atoms with Crippen molar-refractivity contribution in [2.75, 3.05) is 12.5 Å². The van der Waals surface area contributed by atoms with Gasteiger partial charge in [0.25, 0.3) is 0 Å². The van der Waals surface area contributed by atoms with E-state index < -0.39 is 0 Å². The lowest BCUT2D eigenvalue weighted by molar-refractivity contribution is 0.416. The maximum Gasteiger partial charge on any atom is 0.144 e. The summed E-state index contributed by atoms with van der Waals surface area (Å²) in [6, 6.07) is 5.57. The minimum Gasteiger partial charge on any atom is -0.494 e. The van der Waals surface area contributed by atoms with Gasteiger partial charge in [0.05, 0.1) is 12.8 Å². The molecule has 0 spiro atoms. The van der Waals surface area contributed by atoms with Gasteiger partial charge in [0.1, 0.15) is 5.75 Å². The first-order valence-corrected chi connectivity index (χ1v) is 3.87. The van der Waals surface area contributed by atoms with Crippen molar-refractivity contribution in [1.29, 1.82) is 0 Å². The molecular weight excluding hydrogens is 243 g/mol. The minimum atomic E-state index is 0. The predicted octanol–water partition coefficient (Wildman–Crippen LogP) is 2.17. The SMILES string of the molecule is COc1cc(Br)ccc1NN.Cl. The Hall–Kier alpha value is -0.450. The van der Waals surface area contributed by atoms with Gasteiger partial charge in [-0.2, -0.15) is 0 Å². The Morgan fingerprint density at radius 3 is 2.67 bits per heavy atom. The third kappa shape index (κ3) is 2.55. The van der Waals surface area contributed by atoms with E-state index in [0.29, 0.717) is 0 Å². The Morgan fingerprint density at radius 1 is 1.50 bits per heavy atom. The highest BCUT2D eigenvalue weighted by atomic mass is 79.9. The van der Waals surface area contributed by atoms with Gasteiger partial charge < -0.3 is 10.2 Å². The molecule has 0 bridgehead atoms. The van der Waals surface area contributed by atoms with Crippen LogP contribution in [0.5, 0.6) is 5.75 Å². The summed E-state index contributed by atoms with van der Waals surface area (Å²) < 4.78 is 6.01. The van der Waals surface area contributed by atoms with Crippen molar-refractivity contribution in [3.63, 3.8) is 0 Å². The van der Waals surface area contributed by atoms with Crippen molar-refractivity contribution in [3.05, 3.63) is 22.7 Å².